The van der Waals surface area contributed by atoms with Crippen molar-refractivity contribution in [2.24, 2.45) is 5.92 Å². The van der Waals surface area contributed by atoms with Crippen LogP contribution in [-0.2, 0) is 39.8 Å². The van der Waals surface area contributed by atoms with Crippen LogP contribution in [0.25, 0.3) is 6.08 Å². The molecule has 4 rings (SSSR count). The van der Waals surface area contributed by atoms with Crippen molar-refractivity contribution in [1.82, 2.24) is 14.5 Å². The van der Waals surface area contributed by atoms with E-state index in [9.17, 15) is 19.2 Å². The summed E-state index contributed by atoms with van der Waals surface area (Å²) in [6.07, 6.45) is 7.96. The molecule has 0 unspecified atom stereocenters. The van der Waals surface area contributed by atoms with Gasteiger partial charge in [-0.05, 0) is 99.3 Å². The summed E-state index contributed by atoms with van der Waals surface area (Å²) >= 11 is 0. The van der Waals surface area contributed by atoms with Crippen LogP contribution in [0.4, 0.5) is 9.59 Å². The van der Waals surface area contributed by atoms with Crippen molar-refractivity contribution >= 4 is 30.0 Å². The molecule has 15 heteroatoms. The van der Waals surface area contributed by atoms with Crippen LogP contribution in [0.1, 0.15) is 110 Å². The van der Waals surface area contributed by atoms with E-state index in [1.165, 1.54) is 35.0 Å². The molecule has 2 aliphatic rings. The highest BCUT2D eigenvalue weighted by Gasteiger charge is 2.43. The number of esters is 1. The van der Waals surface area contributed by atoms with Gasteiger partial charge in [-0.1, -0.05) is 25.2 Å². The average molecular weight is 798 g/mol. The minimum Gasteiger partial charge on any atom is -0.493 e. The Morgan fingerprint density at radius 2 is 1.70 bits per heavy atom. The number of unbranched alkanes of at least 4 members (excludes halogenated alkanes) is 1. The Morgan fingerprint density at radius 1 is 0.982 bits per heavy atom. The maximum atomic E-state index is 13.8. The van der Waals surface area contributed by atoms with Gasteiger partial charge in [-0.25, -0.2) is 23.9 Å². The van der Waals surface area contributed by atoms with Gasteiger partial charge in [0.1, 0.15) is 46.3 Å². The largest absolute Gasteiger partial charge is 0.493 e. The summed E-state index contributed by atoms with van der Waals surface area (Å²) in [5.74, 6) is -1.15. The number of ketones is 1. The van der Waals surface area contributed by atoms with E-state index in [0.717, 1.165) is 0 Å². The predicted octanol–water partition coefficient (Wildman–Crippen LogP) is 7.49. The second-order valence-corrected chi connectivity index (χ2v) is 16.6. The second-order valence-electron chi connectivity index (χ2n) is 16.6. The van der Waals surface area contributed by atoms with Gasteiger partial charge in [0.25, 0.3) is 0 Å². The lowest BCUT2D eigenvalue weighted by Gasteiger charge is -2.27. The van der Waals surface area contributed by atoms with E-state index in [1.807, 2.05) is 13.0 Å². The number of methoxy groups -OCH3 is 1. The normalized spacial score (nSPS) is 22.3. The predicted molar refractivity (Wildman–Crippen MR) is 210 cm³/mol. The van der Waals surface area contributed by atoms with E-state index in [-0.39, 0.29) is 49.5 Å². The van der Waals surface area contributed by atoms with Gasteiger partial charge >= 0.3 is 18.2 Å². The first-order valence-corrected chi connectivity index (χ1v) is 19.3. The standard InChI is InChI=1S/C42H59N3O12/c1-27-17-18-31(46)36-32(54-42(9,10)55-36)16-14-15-29-23-30(24-33(52-26-50-11)35(29)37(47)53-28(27)2)51-22-13-12-20-44(38(48)56-40(3,4)5)25-34-43-19-21-45(34)39(49)57-41(6,7)8/h14-15,17-19,21,23-24,27-28,32,36H,12-13,16,20,22,25-26H2,1-11H3/b15-14+,18-17-/t27-,28+,32+,36-/m1/s1. The fraction of sp³-hybridized carbons (Fsp3) is 0.595. The first-order valence-electron chi connectivity index (χ1n) is 19.3. The van der Waals surface area contributed by atoms with Gasteiger partial charge in [-0.15, -0.1) is 0 Å². The van der Waals surface area contributed by atoms with E-state index >= 15 is 0 Å². The summed E-state index contributed by atoms with van der Waals surface area (Å²) in [6, 6.07) is 3.33. The maximum absolute atomic E-state index is 13.8. The third-order valence-electron chi connectivity index (χ3n) is 8.75. The van der Waals surface area contributed by atoms with Crippen LogP contribution in [0.5, 0.6) is 11.5 Å². The monoisotopic (exact) mass is 797 g/mol. The Morgan fingerprint density at radius 3 is 2.39 bits per heavy atom. The number of benzene rings is 1. The number of nitrogens with zero attached hydrogens (tertiary/aromatic N) is 3. The SMILES string of the molecule is COCOc1cc(OCCCCN(Cc2nccn2C(=O)OC(C)(C)C)C(=O)OC(C)(C)C)cc2c1C(=O)O[C@@H](C)[C@H](C)/C=C\C(=O)[C@H]1OC(C)(C)O[C@H]1C/C=C/2. The quantitative estimate of drug-likeness (QED) is 0.0952. The van der Waals surface area contributed by atoms with Crippen LogP contribution < -0.4 is 9.47 Å². The molecule has 0 radical (unpaired) electrons. The third-order valence-corrected chi connectivity index (χ3v) is 8.75. The van der Waals surface area contributed by atoms with Gasteiger partial charge in [0.2, 0.25) is 0 Å². The second kappa shape index (κ2) is 19.1. The molecule has 1 aromatic carbocycles. The Labute approximate surface area is 335 Å². The van der Waals surface area contributed by atoms with Crippen LogP contribution in [-0.4, -0.2) is 101 Å². The van der Waals surface area contributed by atoms with Gasteiger partial charge < -0.3 is 42.8 Å². The number of cyclic esters (lactones) is 1. The Balaban J connectivity index is 1.54. The molecular weight excluding hydrogens is 738 g/mol. The summed E-state index contributed by atoms with van der Waals surface area (Å²) in [5.41, 5.74) is -0.813. The van der Waals surface area contributed by atoms with E-state index in [4.69, 9.17) is 37.9 Å². The van der Waals surface area contributed by atoms with Gasteiger partial charge in [0.15, 0.2) is 18.4 Å². The topological polar surface area (TPSA) is 163 Å². The van der Waals surface area contributed by atoms with Crippen LogP contribution in [0.15, 0.2) is 42.8 Å². The number of amides is 1. The lowest BCUT2D eigenvalue weighted by atomic mass is 9.99. The molecule has 2 aliphatic heterocycles. The summed E-state index contributed by atoms with van der Waals surface area (Å²) in [7, 11) is 1.47. The van der Waals surface area contributed by atoms with Gasteiger partial charge in [-0.2, -0.15) is 0 Å². The first kappa shape index (κ1) is 45.0. The molecule has 0 N–H and O–H groups in total. The van der Waals surface area contributed by atoms with E-state index in [0.29, 0.717) is 36.4 Å². The molecule has 4 atom stereocenters. The number of hydrogen-bond acceptors (Lipinski definition) is 13. The lowest BCUT2D eigenvalue weighted by Crippen LogP contribution is -2.38. The molecule has 1 aromatic heterocycles. The lowest BCUT2D eigenvalue weighted by molar-refractivity contribution is -0.152. The van der Waals surface area contributed by atoms with Crippen molar-refractivity contribution in [1.29, 1.82) is 0 Å². The number of ether oxygens (including phenoxy) is 8. The van der Waals surface area contributed by atoms with E-state index in [2.05, 4.69) is 4.98 Å². The van der Waals surface area contributed by atoms with Crippen molar-refractivity contribution in [2.45, 2.75) is 130 Å². The molecule has 3 heterocycles. The number of carbonyl (C=O) groups excluding carboxylic acids is 4. The molecule has 0 bridgehead atoms. The molecule has 0 saturated carbocycles. The molecule has 314 valence electrons. The van der Waals surface area contributed by atoms with Crippen LogP contribution in [0, 0.1) is 5.92 Å². The summed E-state index contributed by atoms with van der Waals surface area (Å²) in [4.78, 5) is 58.9. The highest BCUT2D eigenvalue weighted by Crippen LogP contribution is 2.34. The zero-order chi connectivity index (χ0) is 42.1. The Bertz CT molecular complexity index is 1780. The highest BCUT2D eigenvalue weighted by molar-refractivity contribution is 5.97. The molecule has 15 nitrogen and oxygen atoms in total. The van der Waals surface area contributed by atoms with Crippen molar-refractivity contribution in [3.8, 4) is 11.5 Å². The number of fused-ring (bicyclic) bond motifs is 2. The van der Waals surface area contributed by atoms with Crippen LogP contribution >= 0.6 is 0 Å². The molecule has 1 saturated heterocycles. The zero-order valence-corrected chi connectivity index (χ0v) is 35.1. The number of imidazole rings is 1. The van der Waals surface area contributed by atoms with Crippen LogP contribution in [0.2, 0.25) is 0 Å². The molecule has 0 aliphatic carbocycles. The summed E-state index contributed by atoms with van der Waals surface area (Å²) in [5, 5.41) is 0. The van der Waals surface area contributed by atoms with E-state index in [1.54, 1.807) is 86.6 Å². The van der Waals surface area contributed by atoms with E-state index < -0.39 is 53.5 Å². The molecule has 1 amide bonds. The third kappa shape index (κ3) is 13.4. The first-order chi connectivity index (χ1) is 26.7. The highest BCUT2D eigenvalue weighted by atomic mass is 16.8. The molecular formula is C42H59N3O12. The minimum atomic E-state index is -0.953. The van der Waals surface area contributed by atoms with Gasteiger partial charge in [-0.3, -0.25) is 4.79 Å². The van der Waals surface area contributed by atoms with Crippen LogP contribution in [0.3, 0.4) is 0 Å². The smallest absolute Gasteiger partial charge is 0.420 e. The fourth-order valence-electron chi connectivity index (χ4n) is 5.95. The number of rotatable bonds is 11. The zero-order valence-electron chi connectivity index (χ0n) is 35.1. The van der Waals surface area contributed by atoms with Crippen molar-refractivity contribution in [3.05, 3.63) is 59.7 Å². The average Bonchev–Trinajstić information content (AvgIpc) is 3.69. The van der Waals surface area contributed by atoms with Gasteiger partial charge in [0.05, 0.1) is 19.3 Å². The molecule has 2 aromatic rings. The Hall–Kier alpha value is -4.73. The van der Waals surface area contributed by atoms with Crippen molar-refractivity contribution in [2.75, 3.05) is 27.1 Å². The minimum absolute atomic E-state index is 0.00752. The number of carbonyl (C=O) groups is 4. The summed E-state index contributed by atoms with van der Waals surface area (Å²) < 4.78 is 47.7. The van der Waals surface area contributed by atoms with Gasteiger partial charge in [0, 0.05) is 38.0 Å². The summed E-state index contributed by atoms with van der Waals surface area (Å²) in [6.45, 7) is 18.2. The number of aromatic nitrogens is 2. The fourth-order valence-corrected chi connectivity index (χ4v) is 5.95. The molecule has 57 heavy (non-hydrogen) atoms. The number of hydrogen-bond donors (Lipinski definition) is 0. The Kier molecular flexibility index (Phi) is 15.1. The van der Waals surface area contributed by atoms with Crippen molar-refractivity contribution < 1.29 is 57.1 Å². The maximum Gasteiger partial charge on any atom is 0.420 e. The molecule has 1 fully saturated rings. The van der Waals surface area contributed by atoms with Crippen molar-refractivity contribution in [3.63, 3.8) is 0 Å². The molecule has 0 spiro atoms.